The van der Waals surface area contributed by atoms with Crippen molar-refractivity contribution in [1.29, 1.82) is 0 Å². The van der Waals surface area contributed by atoms with Gasteiger partial charge in [-0.2, -0.15) is 4.57 Å². The number of pyridine rings is 1. The molecular formula is C18H30N5O4+. The minimum absolute atomic E-state index is 0.0597. The molecule has 0 saturated heterocycles. The number of rotatable bonds is 11. The maximum Gasteiger partial charge on any atom is 0.326 e. The zero-order chi connectivity index (χ0) is 20.4. The first kappa shape index (κ1) is 22.4. The number of carbonyl (C=O) groups is 3. The Morgan fingerprint density at radius 2 is 1.81 bits per heavy atom. The van der Waals surface area contributed by atoms with E-state index in [4.69, 9.17) is 5.73 Å². The fourth-order valence-electron chi connectivity index (χ4n) is 2.42. The molecule has 0 aliphatic rings. The summed E-state index contributed by atoms with van der Waals surface area (Å²) in [5, 5.41) is 14.2. The van der Waals surface area contributed by atoms with Crippen LogP contribution in [0.2, 0.25) is 0 Å². The molecule has 0 unspecified atom stereocenters. The zero-order valence-electron chi connectivity index (χ0n) is 16.1. The van der Waals surface area contributed by atoms with Crippen LogP contribution in [0.3, 0.4) is 0 Å². The lowest BCUT2D eigenvalue weighted by atomic mass is 10.1. The monoisotopic (exact) mass is 380 g/mol. The third-order valence-corrected chi connectivity index (χ3v) is 4.05. The van der Waals surface area contributed by atoms with E-state index in [0.717, 1.165) is 5.69 Å². The van der Waals surface area contributed by atoms with Crippen LogP contribution in [0.15, 0.2) is 24.5 Å². The van der Waals surface area contributed by atoms with Gasteiger partial charge >= 0.3 is 5.97 Å². The number of nitrogens with one attached hydrogen (secondary N) is 2. The van der Waals surface area contributed by atoms with Crippen molar-refractivity contribution in [2.45, 2.75) is 44.8 Å². The molecule has 2 atom stereocenters. The first-order chi connectivity index (χ1) is 12.7. The van der Waals surface area contributed by atoms with Gasteiger partial charge < -0.3 is 26.4 Å². The van der Waals surface area contributed by atoms with Crippen molar-refractivity contribution in [3.63, 3.8) is 0 Å². The molecule has 150 valence electrons. The highest BCUT2D eigenvalue weighted by Crippen LogP contribution is 2.05. The number of nitrogens with zero attached hydrogens (tertiary/aromatic N) is 2. The van der Waals surface area contributed by atoms with Crippen LogP contribution in [0.1, 0.15) is 26.2 Å². The summed E-state index contributed by atoms with van der Waals surface area (Å²) < 4.78 is 1.69. The Morgan fingerprint density at radius 3 is 2.33 bits per heavy atom. The quantitative estimate of drug-likeness (QED) is 0.295. The zero-order valence-corrected chi connectivity index (χ0v) is 16.1. The third kappa shape index (κ3) is 8.04. The fraction of sp³-hybridized carbons (Fsp3) is 0.556. The normalized spacial score (nSPS) is 12.7. The van der Waals surface area contributed by atoms with Gasteiger partial charge in [-0.15, -0.1) is 0 Å². The molecule has 0 fully saturated rings. The number of hydrogen-bond donors (Lipinski definition) is 4. The predicted octanol–water partition coefficient (Wildman–Crippen LogP) is -0.757. The van der Waals surface area contributed by atoms with Crippen molar-refractivity contribution in [1.82, 2.24) is 10.6 Å². The van der Waals surface area contributed by atoms with Crippen LogP contribution >= 0.6 is 0 Å². The van der Waals surface area contributed by atoms with E-state index in [1.807, 2.05) is 31.1 Å². The molecule has 0 aliphatic carbocycles. The molecule has 0 radical (unpaired) electrons. The van der Waals surface area contributed by atoms with Gasteiger partial charge in [-0.3, -0.25) is 9.59 Å². The summed E-state index contributed by atoms with van der Waals surface area (Å²) in [5.41, 5.74) is 6.40. The van der Waals surface area contributed by atoms with E-state index in [0.29, 0.717) is 25.8 Å². The number of amides is 2. The van der Waals surface area contributed by atoms with Gasteiger partial charge in [0.25, 0.3) is 5.91 Å². The minimum atomic E-state index is -1.10. The topological polar surface area (TPSA) is 129 Å². The Balaban J connectivity index is 2.52. The van der Waals surface area contributed by atoms with Crippen LogP contribution in [-0.4, -0.2) is 55.6 Å². The molecule has 1 aromatic rings. The first-order valence-electron chi connectivity index (χ1n) is 8.93. The van der Waals surface area contributed by atoms with Gasteiger partial charge in [-0.25, -0.2) is 4.79 Å². The van der Waals surface area contributed by atoms with Crippen LogP contribution in [0, 0.1) is 0 Å². The number of carbonyl (C=O) groups excluding carboxylic acids is 2. The number of aliphatic carboxylic acids is 1. The lowest BCUT2D eigenvalue weighted by Gasteiger charge is -2.18. The standard InChI is InChI=1S/C18H29N5O4/c1-13(17(25)21-15(18(26)27)6-4-5-9-19)20-16(24)12-23-10-7-14(8-11-23)22(2)3/h7-8,10-11,13,15H,4-6,9,12,19H2,1-3H3,(H2-,20,21,24,25,26,27)/p+1/t13-,15-/m0/s1. The first-order valence-corrected chi connectivity index (χ1v) is 8.93. The van der Waals surface area contributed by atoms with Crippen molar-refractivity contribution in [3.8, 4) is 0 Å². The second-order valence-electron chi connectivity index (χ2n) is 6.60. The Hall–Kier alpha value is -2.68. The molecule has 0 aliphatic heterocycles. The van der Waals surface area contributed by atoms with Crippen LogP contribution < -0.4 is 25.8 Å². The third-order valence-electron chi connectivity index (χ3n) is 4.05. The maximum absolute atomic E-state index is 12.2. The highest BCUT2D eigenvalue weighted by Gasteiger charge is 2.24. The Bertz CT molecular complexity index is 633. The molecule has 0 aromatic carbocycles. The molecule has 5 N–H and O–H groups in total. The van der Waals surface area contributed by atoms with Crippen LogP contribution in [0.25, 0.3) is 0 Å². The molecule has 27 heavy (non-hydrogen) atoms. The van der Waals surface area contributed by atoms with Gasteiger partial charge in [0, 0.05) is 31.9 Å². The van der Waals surface area contributed by atoms with Crippen LogP contribution in [-0.2, 0) is 20.9 Å². The second kappa shape index (κ2) is 11.1. The van der Waals surface area contributed by atoms with Gasteiger partial charge in [0.05, 0.1) is 0 Å². The molecule has 1 aromatic heterocycles. The molecule has 0 bridgehead atoms. The number of carboxylic acids is 1. The van der Waals surface area contributed by atoms with E-state index in [9.17, 15) is 19.5 Å². The van der Waals surface area contributed by atoms with Crippen molar-refractivity contribution in [2.75, 3.05) is 25.5 Å². The van der Waals surface area contributed by atoms with E-state index in [1.165, 1.54) is 6.92 Å². The molecule has 9 heteroatoms. The van der Waals surface area contributed by atoms with E-state index < -0.39 is 24.0 Å². The summed E-state index contributed by atoms with van der Waals surface area (Å²) >= 11 is 0. The molecular weight excluding hydrogens is 350 g/mol. The van der Waals surface area contributed by atoms with Crippen molar-refractivity contribution >= 4 is 23.5 Å². The van der Waals surface area contributed by atoms with Crippen molar-refractivity contribution in [3.05, 3.63) is 24.5 Å². The number of aromatic nitrogens is 1. The number of carboxylic acid groups (broad SMARTS) is 1. The van der Waals surface area contributed by atoms with Crippen LogP contribution in [0.4, 0.5) is 5.69 Å². The number of anilines is 1. The van der Waals surface area contributed by atoms with Crippen molar-refractivity contribution in [2.24, 2.45) is 5.73 Å². The summed E-state index contributed by atoms with van der Waals surface area (Å²) in [5.74, 6) is -1.97. The van der Waals surface area contributed by atoms with Gasteiger partial charge in [0.2, 0.25) is 12.5 Å². The number of nitrogens with two attached hydrogens (primary N) is 1. The molecule has 0 saturated carbocycles. The number of hydrogen-bond acceptors (Lipinski definition) is 5. The number of unbranched alkanes of at least 4 members (excludes halogenated alkanes) is 1. The summed E-state index contributed by atoms with van der Waals surface area (Å²) in [7, 11) is 3.85. The summed E-state index contributed by atoms with van der Waals surface area (Å²) in [6, 6.07) is 1.93. The molecule has 9 nitrogen and oxygen atoms in total. The predicted molar refractivity (Wildman–Crippen MR) is 101 cm³/mol. The van der Waals surface area contributed by atoms with E-state index in [-0.39, 0.29) is 12.5 Å². The molecule has 1 rings (SSSR count). The second-order valence-corrected chi connectivity index (χ2v) is 6.60. The lowest BCUT2D eigenvalue weighted by Crippen LogP contribution is -2.52. The van der Waals surface area contributed by atoms with Gasteiger partial charge in [0.1, 0.15) is 12.1 Å². The van der Waals surface area contributed by atoms with E-state index >= 15 is 0 Å². The SMILES string of the molecule is C[C@H](NC(=O)C[n+]1ccc(N(C)C)cc1)C(=O)N[C@@H](CCCCN)C(=O)O. The fourth-order valence-corrected chi connectivity index (χ4v) is 2.42. The largest absolute Gasteiger partial charge is 0.480 e. The Labute approximate surface area is 159 Å². The minimum Gasteiger partial charge on any atom is -0.480 e. The summed E-state index contributed by atoms with van der Waals surface area (Å²) in [6.45, 7) is 2.05. The molecule has 2 amide bonds. The van der Waals surface area contributed by atoms with E-state index in [2.05, 4.69) is 10.6 Å². The average Bonchev–Trinajstić information content (AvgIpc) is 2.60. The van der Waals surface area contributed by atoms with Crippen molar-refractivity contribution < 1.29 is 24.1 Å². The van der Waals surface area contributed by atoms with Crippen LogP contribution in [0.5, 0.6) is 0 Å². The molecule has 0 spiro atoms. The summed E-state index contributed by atoms with van der Waals surface area (Å²) in [6.07, 6.45) is 5.14. The summed E-state index contributed by atoms with van der Waals surface area (Å²) in [4.78, 5) is 37.5. The van der Waals surface area contributed by atoms with Gasteiger partial charge in [-0.05, 0) is 32.7 Å². The molecule has 1 heterocycles. The lowest BCUT2D eigenvalue weighted by molar-refractivity contribution is -0.684. The highest BCUT2D eigenvalue weighted by molar-refractivity contribution is 5.89. The highest BCUT2D eigenvalue weighted by atomic mass is 16.4. The smallest absolute Gasteiger partial charge is 0.326 e. The average molecular weight is 380 g/mol. The Morgan fingerprint density at radius 1 is 1.19 bits per heavy atom. The maximum atomic E-state index is 12.2. The van der Waals surface area contributed by atoms with Gasteiger partial charge in [-0.1, -0.05) is 0 Å². The Kier molecular flexibility index (Phi) is 9.21. The van der Waals surface area contributed by atoms with E-state index in [1.54, 1.807) is 17.0 Å². The van der Waals surface area contributed by atoms with Gasteiger partial charge in [0.15, 0.2) is 12.4 Å².